The molecule has 0 bridgehead atoms. The van der Waals surface area contributed by atoms with Crippen molar-refractivity contribution >= 4 is 28.4 Å². The highest BCUT2D eigenvalue weighted by molar-refractivity contribution is 14.1. The second-order valence-corrected chi connectivity index (χ2v) is 4.65. The van der Waals surface area contributed by atoms with Gasteiger partial charge in [-0.25, -0.2) is 0 Å². The first-order valence-electron chi connectivity index (χ1n) is 4.89. The summed E-state index contributed by atoms with van der Waals surface area (Å²) in [5, 5.41) is 2.92. The SMILES string of the molecule is O=C(CN1C=CNC=C1)c1ccc(I)cc1. The lowest BCUT2D eigenvalue weighted by atomic mass is 10.1. The number of ketones is 1. The fraction of sp³-hybridized carbons (Fsp3) is 0.0833. The summed E-state index contributed by atoms with van der Waals surface area (Å²) in [4.78, 5) is 13.7. The molecule has 4 heteroatoms. The van der Waals surface area contributed by atoms with E-state index in [1.807, 2.05) is 41.6 Å². The molecule has 0 atom stereocenters. The second kappa shape index (κ2) is 5.16. The number of halogens is 1. The first-order valence-corrected chi connectivity index (χ1v) is 5.97. The summed E-state index contributed by atoms with van der Waals surface area (Å²) in [7, 11) is 0. The molecule has 1 aromatic carbocycles. The summed E-state index contributed by atoms with van der Waals surface area (Å²) in [6, 6.07) is 7.61. The fourth-order valence-electron chi connectivity index (χ4n) is 1.38. The van der Waals surface area contributed by atoms with Crippen LogP contribution in [0.25, 0.3) is 0 Å². The van der Waals surface area contributed by atoms with Crippen LogP contribution in [-0.4, -0.2) is 17.2 Å². The number of Topliss-reactive ketones (excluding diaryl/α,β-unsaturated/α-hetero) is 1. The van der Waals surface area contributed by atoms with Crippen LogP contribution in [0.5, 0.6) is 0 Å². The van der Waals surface area contributed by atoms with Crippen molar-refractivity contribution in [3.05, 3.63) is 58.2 Å². The van der Waals surface area contributed by atoms with Gasteiger partial charge in [-0.05, 0) is 34.7 Å². The smallest absolute Gasteiger partial charge is 0.182 e. The minimum atomic E-state index is 0.118. The molecule has 0 fully saturated rings. The van der Waals surface area contributed by atoms with Gasteiger partial charge in [0.25, 0.3) is 0 Å². The molecule has 0 aliphatic carbocycles. The number of rotatable bonds is 3. The van der Waals surface area contributed by atoms with Gasteiger partial charge in [0.2, 0.25) is 0 Å². The predicted molar refractivity (Wildman–Crippen MR) is 71.6 cm³/mol. The van der Waals surface area contributed by atoms with E-state index in [4.69, 9.17) is 0 Å². The lowest BCUT2D eigenvalue weighted by Crippen LogP contribution is -2.23. The topological polar surface area (TPSA) is 32.3 Å². The Hall–Kier alpha value is -1.30. The average Bonchev–Trinajstić information content (AvgIpc) is 2.31. The summed E-state index contributed by atoms with van der Waals surface area (Å²) in [6.07, 6.45) is 7.26. The maximum absolute atomic E-state index is 11.9. The minimum absolute atomic E-state index is 0.118. The number of carbonyl (C=O) groups excluding carboxylic acids is 1. The number of nitrogens with one attached hydrogen (secondary N) is 1. The lowest BCUT2D eigenvalue weighted by molar-refractivity contribution is 0.0969. The monoisotopic (exact) mass is 326 g/mol. The Morgan fingerprint density at radius 3 is 2.44 bits per heavy atom. The number of benzene rings is 1. The summed E-state index contributed by atoms with van der Waals surface area (Å²) in [6.45, 7) is 0.370. The molecule has 0 saturated heterocycles. The summed E-state index contributed by atoms with van der Waals surface area (Å²) in [5.41, 5.74) is 0.751. The van der Waals surface area contributed by atoms with Crippen molar-refractivity contribution in [2.24, 2.45) is 0 Å². The van der Waals surface area contributed by atoms with Crippen molar-refractivity contribution in [1.82, 2.24) is 10.2 Å². The first-order chi connectivity index (χ1) is 7.75. The number of hydrogen-bond donors (Lipinski definition) is 1. The molecule has 0 spiro atoms. The molecule has 3 nitrogen and oxygen atoms in total. The molecule has 1 aliphatic rings. The fourth-order valence-corrected chi connectivity index (χ4v) is 1.74. The molecular formula is C12H11IN2O. The molecule has 1 aromatic rings. The van der Waals surface area contributed by atoms with E-state index in [2.05, 4.69) is 27.9 Å². The Morgan fingerprint density at radius 2 is 1.81 bits per heavy atom. The van der Waals surface area contributed by atoms with Crippen LogP contribution in [-0.2, 0) is 0 Å². The molecule has 1 aliphatic heterocycles. The van der Waals surface area contributed by atoms with Gasteiger partial charge in [0.1, 0.15) is 0 Å². The number of carbonyl (C=O) groups is 1. The molecule has 1 N–H and O–H groups in total. The van der Waals surface area contributed by atoms with Gasteiger partial charge in [0.05, 0.1) is 6.54 Å². The van der Waals surface area contributed by atoms with E-state index in [1.165, 1.54) is 0 Å². The van der Waals surface area contributed by atoms with E-state index in [-0.39, 0.29) is 5.78 Å². The van der Waals surface area contributed by atoms with Crippen molar-refractivity contribution in [2.75, 3.05) is 6.54 Å². The second-order valence-electron chi connectivity index (χ2n) is 3.40. The first kappa shape index (κ1) is 11.2. The van der Waals surface area contributed by atoms with E-state index in [0.29, 0.717) is 6.54 Å². The van der Waals surface area contributed by atoms with Gasteiger partial charge in [-0.1, -0.05) is 12.1 Å². The zero-order chi connectivity index (χ0) is 11.4. The minimum Gasteiger partial charge on any atom is -0.365 e. The van der Waals surface area contributed by atoms with Crippen molar-refractivity contribution in [3.8, 4) is 0 Å². The van der Waals surface area contributed by atoms with Crippen LogP contribution in [0.1, 0.15) is 10.4 Å². The van der Waals surface area contributed by atoms with Gasteiger partial charge in [0.15, 0.2) is 5.78 Å². The summed E-state index contributed by atoms with van der Waals surface area (Å²) in [5.74, 6) is 0.118. The van der Waals surface area contributed by atoms with Gasteiger partial charge >= 0.3 is 0 Å². The van der Waals surface area contributed by atoms with Gasteiger partial charge in [-0.3, -0.25) is 4.79 Å². The van der Waals surface area contributed by atoms with Crippen molar-refractivity contribution < 1.29 is 4.79 Å². The van der Waals surface area contributed by atoms with Crippen LogP contribution >= 0.6 is 22.6 Å². The Labute approximate surface area is 108 Å². The summed E-state index contributed by atoms with van der Waals surface area (Å²) >= 11 is 2.22. The molecule has 0 radical (unpaired) electrons. The van der Waals surface area contributed by atoms with Crippen LogP contribution in [0.15, 0.2) is 49.1 Å². The number of hydrogen-bond acceptors (Lipinski definition) is 3. The molecule has 0 unspecified atom stereocenters. The van der Waals surface area contributed by atoms with E-state index in [1.54, 1.807) is 12.4 Å². The summed E-state index contributed by atoms with van der Waals surface area (Å²) < 4.78 is 1.14. The highest BCUT2D eigenvalue weighted by Gasteiger charge is 2.08. The predicted octanol–water partition coefficient (Wildman–Crippen LogP) is 2.32. The molecule has 0 saturated carbocycles. The third-order valence-electron chi connectivity index (χ3n) is 2.22. The third-order valence-corrected chi connectivity index (χ3v) is 2.94. The van der Waals surface area contributed by atoms with Crippen LogP contribution in [0.3, 0.4) is 0 Å². The average molecular weight is 326 g/mol. The molecule has 0 amide bonds. The van der Waals surface area contributed by atoms with E-state index < -0.39 is 0 Å². The molecule has 0 aromatic heterocycles. The Bertz CT molecular complexity index is 425. The Balaban J connectivity index is 2.02. The van der Waals surface area contributed by atoms with Crippen molar-refractivity contribution in [1.29, 1.82) is 0 Å². The zero-order valence-electron chi connectivity index (χ0n) is 8.56. The Morgan fingerprint density at radius 1 is 1.19 bits per heavy atom. The zero-order valence-corrected chi connectivity index (χ0v) is 10.7. The lowest BCUT2D eigenvalue weighted by Gasteiger charge is -2.17. The van der Waals surface area contributed by atoms with Crippen molar-refractivity contribution in [3.63, 3.8) is 0 Å². The maximum atomic E-state index is 11.9. The molecule has 2 rings (SSSR count). The van der Waals surface area contributed by atoms with Crippen molar-refractivity contribution in [2.45, 2.75) is 0 Å². The normalized spacial score (nSPS) is 13.7. The van der Waals surface area contributed by atoms with Gasteiger partial charge in [0, 0.05) is 33.9 Å². The Kier molecular flexibility index (Phi) is 3.61. The van der Waals surface area contributed by atoms with Crippen LogP contribution in [0, 0.1) is 3.57 Å². The highest BCUT2D eigenvalue weighted by Crippen LogP contribution is 2.08. The van der Waals surface area contributed by atoms with Crippen LogP contribution in [0.4, 0.5) is 0 Å². The standard InChI is InChI=1S/C12H11IN2O/c13-11-3-1-10(2-4-11)12(16)9-15-7-5-14-6-8-15/h1-8,14H,9H2. The maximum Gasteiger partial charge on any atom is 0.182 e. The van der Waals surface area contributed by atoms with E-state index in [9.17, 15) is 4.79 Å². The molecule has 16 heavy (non-hydrogen) atoms. The van der Waals surface area contributed by atoms with E-state index in [0.717, 1.165) is 9.13 Å². The number of nitrogens with zero attached hydrogens (tertiary/aromatic N) is 1. The van der Waals surface area contributed by atoms with Gasteiger partial charge in [-0.2, -0.15) is 0 Å². The van der Waals surface area contributed by atoms with Crippen LogP contribution < -0.4 is 5.32 Å². The van der Waals surface area contributed by atoms with Gasteiger partial charge < -0.3 is 10.2 Å². The molecule has 1 heterocycles. The quantitative estimate of drug-likeness (QED) is 0.683. The molecular weight excluding hydrogens is 315 g/mol. The van der Waals surface area contributed by atoms with Crippen LogP contribution in [0.2, 0.25) is 0 Å². The van der Waals surface area contributed by atoms with Gasteiger partial charge in [-0.15, -0.1) is 0 Å². The third kappa shape index (κ3) is 2.85. The van der Waals surface area contributed by atoms with E-state index >= 15 is 0 Å². The largest absolute Gasteiger partial charge is 0.365 e. The highest BCUT2D eigenvalue weighted by atomic mass is 127. The molecule has 82 valence electrons.